The van der Waals surface area contributed by atoms with E-state index >= 15 is 0 Å². The first kappa shape index (κ1) is 25.8. The minimum absolute atomic E-state index is 0.00415. The highest BCUT2D eigenvalue weighted by atomic mass is 127. The Bertz CT molecular complexity index is 1440. The molecule has 1 N–H and O–H groups in total. The molecular formula is C26H22IN3O8. The molecule has 0 radical (unpaired) electrons. The number of dihydropyridines is 1. The number of rotatable bonds is 6. The van der Waals surface area contributed by atoms with Gasteiger partial charge in [-0.3, -0.25) is 29.8 Å². The number of ether oxygens (including phenoxy) is 2. The van der Waals surface area contributed by atoms with Crippen molar-refractivity contribution >= 4 is 45.5 Å². The van der Waals surface area contributed by atoms with Gasteiger partial charge in [-0.1, -0.05) is 0 Å². The number of hydrogen-bond acceptors (Lipinski definition) is 9. The zero-order valence-corrected chi connectivity index (χ0v) is 22.4. The van der Waals surface area contributed by atoms with E-state index in [2.05, 4.69) is 5.32 Å². The van der Waals surface area contributed by atoms with Gasteiger partial charge >= 0.3 is 5.69 Å². The summed E-state index contributed by atoms with van der Waals surface area (Å²) in [5, 5.41) is 26.1. The number of halogens is 1. The van der Waals surface area contributed by atoms with Crippen LogP contribution in [0.15, 0.2) is 52.9 Å². The second-order valence-electron chi connectivity index (χ2n) is 9.20. The molecule has 5 rings (SSSR count). The molecule has 12 heteroatoms. The van der Waals surface area contributed by atoms with Crippen molar-refractivity contribution in [3.05, 3.63) is 82.2 Å². The predicted molar refractivity (Wildman–Crippen MR) is 143 cm³/mol. The average molecular weight is 631 g/mol. The van der Waals surface area contributed by atoms with Crippen LogP contribution in [0.3, 0.4) is 0 Å². The van der Waals surface area contributed by atoms with E-state index in [4.69, 9.17) is 9.47 Å². The Balaban J connectivity index is 1.62. The fraction of sp³-hybridized carbons (Fsp3) is 0.308. The maximum absolute atomic E-state index is 13.1. The third kappa shape index (κ3) is 4.52. The number of methoxy groups -OCH3 is 1. The lowest BCUT2D eigenvalue weighted by Gasteiger charge is -2.37. The largest absolute Gasteiger partial charge is 0.493 e. The Morgan fingerprint density at radius 2 is 1.53 bits per heavy atom. The molecule has 0 spiro atoms. The SMILES string of the molecule is COc1cc(C2C3=C(CCCC3=O)NC3=C2C(=O)CCC3)cc(I)c1Oc1ccc([N+](=O)[O-])cc1[N+](=O)[O-]. The zero-order chi connectivity index (χ0) is 27.1. The Hall–Kier alpha value is -3.81. The molecule has 0 amide bonds. The van der Waals surface area contributed by atoms with E-state index in [1.807, 2.05) is 22.6 Å². The van der Waals surface area contributed by atoms with Crippen molar-refractivity contribution in [2.75, 3.05) is 7.11 Å². The maximum Gasteiger partial charge on any atom is 0.318 e. The van der Waals surface area contributed by atoms with E-state index in [1.54, 1.807) is 12.1 Å². The summed E-state index contributed by atoms with van der Waals surface area (Å²) in [5.74, 6) is -0.308. The van der Waals surface area contributed by atoms with Crippen molar-refractivity contribution in [3.8, 4) is 17.2 Å². The van der Waals surface area contributed by atoms with Crippen molar-refractivity contribution < 1.29 is 28.9 Å². The number of nitro benzene ring substituents is 2. The van der Waals surface area contributed by atoms with Crippen LogP contribution in [0, 0.1) is 23.8 Å². The third-order valence-electron chi connectivity index (χ3n) is 6.94. The molecule has 38 heavy (non-hydrogen) atoms. The Morgan fingerprint density at radius 3 is 2.08 bits per heavy atom. The first-order chi connectivity index (χ1) is 18.2. The molecule has 2 aliphatic carbocycles. The van der Waals surface area contributed by atoms with Gasteiger partial charge in [-0.05, 0) is 72.0 Å². The normalized spacial score (nSPS) is 17.5. The lowest BCUT2D eigenvalue weighted by molar-refractivity contribution is -0.394. The minimum Gasteiger partial charge on any atom is -0.493 e. The highest BCUT2D eigenvalue weighted by molar-refractivity contribution is 14.1. The summed E-state index contributed by atoms with van der Waals surface area (Å²) in [4.78, 5) is 47.5. The van der Waals surface area contributed by atoms with Crippen molar-refractivity contribution in [2.45, 2.75) is 44.4 Å². The standard InChI is InChI=1S/C26H22IN3O8/c1-37-22-11-13(10-15(27)26(22)38-21-9-8-14(29(33)34)12-18(21)30(35)36)23-24-16(4-2-6-19(24)31)28-17-5-3-7-20(32)25(17)23/h8-12,23,28H,2-7H2,1H3. The first-order valence-corrected chi connectivity index (χ1v) is 13.0. The third-order valence-corrected chi connectivity index (χ3v) is 7.74. The maximum atomic E-state index is 13.1. The molecule has 196 valence electrons. The van der Waals surface area contributed by atoms with E-state index in [9.17, 15) is 29.8 Å². The van der Waals surface area contributed by atoms with Gasteiger partial charge in [0, 0.05) is 47.4 Å². The van der Waals surface area contributed by atoms with Gasteiger partial charge in [0.15, 0.2) is 23.1 Å². The fourth-order valence-electron chi connectivity index (χ4n) is 5.28. The van der Waals surface area contributed by atoms with Crippen LogP contribution < -0.4 is 14.8 Å². The number of hydrogen-bond donors (Lipinski definition) is 1. The molecule has 0 saturated heterocycles. The van der Waals surface area contributed by atoms with Gasteiger partial charge in [0.1, 0.15) is 0 Å². The summed E-state index contributed by atoms with van der Waals surface area (Å²) < 4.78 is 12.0. The van der Waals surface area contributed by atoms with Crippen LogP contribution in [-0.4, -0.2) is 28.5 Å². The van der Waals surface area contributed by atoms with Crippen LogP contribution in [-0.2, 0) is 9.59 Å². The highest BCUT2D eigenvalue weighted by Gasteiger charge is 2.40. The quantitative estimate of drug-likeness (QED) is 0.244. The molecule has 2 aromatic rings. The van der Waals surface area contributed by atoms with Crippen molar-refractivity contribution in [1.82, 2.24) is 5.32 Å². The summed E-state index contributed by atoms with van der Waals surface area (Å²) in [6.45, 7) is 0. The number of ketones is 2. The summed E-state index contributed by atoms with van der Waals surface area (Å²) >= 11 is 2.01. The molecule has 11 nitrogen and oxygen atoms in total. The van der Waals surface area contributed by atoms with E-state index in [0.29, 0.717) is 33.1 Å². The summed E-state index contributed by atoms with van der Waals surface area (Å²) in [6.07, 6.45) is 3.76. The van der Waals surface area contributed by atoms with Gasteiger partial charge in [0.05, 0.1) is 26.6 Å². The van der Waals surface area contributed by atoms with E-state index in [-0.39, 0.29) is 28.8 Å². The molecule has 1 aliphatic heterocycles. The number of non-ortho nitro benzene ring substituents is 1. The summed E-state index contributed by atoms with van der Waals surface area (Å²) in [5.41, 5.74) is 2.60. The molecule has 0 fully saturated rings. The van der Waals surface area contributed by atoms with Crippen molar-refractivity contribution in [1.29, 1.82) is 0 Å². The van der Waals surface area contributed by atoms with Gasteiger partial charge in [-0.2, -0.15) is 0 Å². The van der Waals surface area contributed by atoms with E-state index in [0.717, 1.165) is 49.2 Å². The van der Waals surface area contributed by atoms with Crippen LogP contribution in [0.4, 0.5) is 11.4 Å². The monoisotopic (exact) mass is 631 g/mol. The van der Waals surface area contributed by atoms with Gasteiger partial charge in [0.25, 0.3) is 5.69 Å². The molecule has 1 heterocycles. The molecule has 0 atom stereocenters. The van der Waals surface area contributed by atoms with Crippen molar-refractivity contribution in [3.63, 3.8) is 0 Å². The van der Waals surface area contributed by atoms with Gasteiger partial charge in [0.2, 0.25) is 5.75 Å². The van der Waals surface area contributed by atoms with Crippen LogP contribution in [0.25, 0.3) is 0 Å². The molecule has 3 aliphatic rings. The second-order valence-corrected chi connectivity index (χ2v) is 10.4. The number of carbonyl (C=O) groups is 2. The van der Waals surface area contributed by atoms with Crippen LogP contribution in [0.5, 0.6) is 17.2 Å². The number of nitrogens with one attached hydrogen (secondary N) is 1. The molecule has 0 aromatic heterocycles. The zero-order valence-electron chi connectivity index (χ0n) is 20.2. The van der Waals surface area contributed by atoms with Crippen LogP contribution in [0.2, 0.25) is 0 Å². The molecule has 0 bridgehead atoms. The predicted octanol–water partition coefficient (Wildman–Crippen LogP) is 5.61. The molecule has 0 unspecified atom stereocenters. The summed E-state index contributed by atoms with van der Waals surface area (Å²) in [7, 11) is 1.42. The minimum atomic E-state index is -0.754. The smallest absolute Gasteiger partial charge is 0.318 e. The number of Topliss-reactive ketones (excluding diaryl/α,β-unsaturated/α-hetero) is 2. The highest BCUT2D eigenvalue weighted by Crippen LogP contribution is 2.48. The molecular weight excluding hydrogens is 609 g/mol. The average Bonchev–Trinajstić information content (AvgIpc) is 2.88. The second kappa shape index (κ2) is 10.2. The number of nitro groups is 2. The topological polar surface area (TPSA) is 151 Å². The molecule has 2 aromatic carbocycles. The van der Waals surface area contributed by atoms with Crippen LogP contribution >= 0.6 is 22.6 Å². The van der Waals surface area contributed by atoms with Gasteiger partial charge in [-0.25, -0.2) is 0 Å². The van der Waals surface area contributed by atoms with Crippen molar-refractivity contribution in [2.24, 2.45) is 0 Å². The molecule has 0 saturated carbocycles. The number of allylic oxidation sites excluding steroid dienone is 4. The first-order valence-electron chi connectivity index (χ1n) is 12.0. The van der Waals surface area contributed by atoms with Crippen LogP contribution in [0.1, 0.15) is 50.0 Å². The van der Waals surface area contributed by atoms with Gasteiger partial charge < -0.3 is 14.8 Å². The fourth-order valence-corrected chi connectivity index (χ4v) is 6.02. The van der Waals surface area contributed by atoms with E-state index in [1.165, 1.54) is 13.2 Å². The lowest BCUT2D eigenvalue weighted by atomic mass is 9.71. The number of nitrogens with zero attached hydrogens (tertiary/aromatic N) is 2. The number of benzene rings is 2. The Morgan fingerprint density at radius 1 is 0.895 bits per heavy atom. The summed E-state index contributed by atoms with van der Waals surface area (Å²) in [6, 6.07) is 6.59. The number of carbonyl (C=O) groups excluding carboxylic acids is 2. The van der Waals surface area contributed by atoms with Gasteiger partial charge in [-0.15, -0.1) is 0 Å². The lowest BCUT2D eigenvalue weighted by Crippen LogP contribution is -2.36. The Labute approximate surface area is 230 Å². The van der Waals surface area contributed by atoms with E-state index < -0.39 is 27.1 Å². The Kier molecular flexibility index (Phi) is 6.90.